The van der Waals surface area contributed by atoms with Crippen LogP contribution in [0, 0.1) is 27.4 Å². The van der Waals surface area contributed by atoms with E-state index in [4.69, 9.17) is 33.2 Å². The van der Waals surface area contributed by atoms with Crippen LogP contribution in [0.25, 0.3) is 0 Å². The fourth-order valence-electron chi connectivity index (χ4n) is 5.42. The summed E-state index contributed by atoms with van der Waals surface area (Å²) >= 11 is 0. The Kier molecular flexibility index (Phi) is 10.7. The fraction of sp³-hybridized carbons (Fsp3) is 0.533. The van der Waals surface area contributed by atoms with Gasteiger partial charge in [0.1, 0.15) is 0 Å². The smallest absolute Gasteiger partial charge is 0.303 e. The van der Waals surface area contributed by atoms with Gasteiger partial charge >= 0.3 is 5.97 Å². The van der Waals surface area contributed by atoms with E-state index < -0.39 is 34.7 Å². The number of nitrogens with zero attached hydrogens (tertiary/aromatic N) is 2. The summed E-state index contributed by atoms with van der Waals surface area (Å²) < 4.78 is 39.5. The Bertz CT molecular complexity index is 1280. The van der Waals surface area contributed by atoms with Crippen LogP contribution in [-0.2, 0) is 14.9 Å². The van der Waals surface area contributed by atoms with Gasteiger partial charge in [-0.15, -0.1) is 0 Å². The van der Waals surface area contributed by atoms with Gasteiger partial charge in [0, 0.05) is 17.4 Å². The third-order valence-electron chi connectivity index (χ3n) is 7.76. The summed E-state index contributed by atoms with van der Waals surface area (Å²) in [5.41, 5.74) is -0.781. The number of methoxy groups -OCH3 is 4. The summed E-state index contributed by atoms with van der Waals surface area (Å²) in [6.07, 6.45) is -1.65. The summed E-state index contributed by atoms with van der Waals surface area (Å²) in [6.45, 7) is 5.04. The van der Waals surface area contributed by atoms with Crippen molar-refractivity contribution < 1.29 is 42.9 Å². The SMILES string of the molecule is CCC(C)C(C#N)(CCC(OC(C)=O)C(CC1Oc2ccccc2O1)[N+](=O)[O-])c1cc(OC)c(OC)c(OC)c1OC. The van der Waals surface area contributed by atoms with E-state index in [-0.39, 0.29) is 36.7 Å². The van der Waals surface area contributed by atoms with E-state index >= 15 is 0 Å². The Morgan fingerprint density at radius 2 is 1.67 bits per heavy atom. The van der Waals surface area contributed by atoms with Crippen molar-refractivity contribution in [3.05, 3.63) is 46.0 Å². The number of nitriles is 1. The number of hydrogen-bond acceptors (Lipinski definition) is 11. The Hall–Kier alpha value is -4.40. The number of carbonyl (C=O) groups is 1. The molecule has 1 aliphatic rings. The number of benzene rings is 2. The molecule has 228 valence electrons. The minimum atomic E-state index is -1.37. The number of nitro groups is 1. The molecule has 1 heterocycles. The molecule has 0 amide bonds. The summed E-state index contributed by atoms with van der Waals surface area (Å²) in [5.74, 6) is 1.14. The van der Waals surface area contributed by atoms with Gasteiger partial charge in [0.2, 0.25) is 17.8 Å². The number of rotatable bonds is 15. The van der Waals surface area contributed by atoms with Gasteiger partial charge < -0.3 is 33.2 Å². The quantitative estimate of drug-likeness (QED) is 0.156. The second-order valence-electron chi connectivity index (χ2n) is 10.0. The zero-order valence-electron chi connectivity index (χ0n) is 25.0. The molecule has 0 N–H and O–H groups in total. The van der Waals surface area contributed by atoms with Crippen molar-refractivity contribution in [2.24, 2.45) is 5.92 Å². The van der Waals surface area contributed by atoms with Crippen LogP contribution < -0.4 is 28.4 Å². The Morgan fingerprint density at radius 1 is 1.07 bits per heavy atom. The van der Waals surface area contributed by atoms with Crippen LogP contribution in [0.1, 0.15) is 52.0 Å². The maximum absolute atomic E-state index is 12.3. The molecule has 12 heteroatoms. The third kappa shape index (κ3) is 6.40. The topological polar surface area (TPSA) is 149 Å². The predicted molar refractivity (Wildman–Crippen MR) is 151 cm³/mol. The standard InChI is InChI=1S/C30H38N2O10/c1-8-18(2)30(17-31,20-15-25(36-4)28(38-6)29(39-7)27(20)37-5)14-13-22(40-19(3)33)21(32(34)35)16-26-41-23-11-9-10-12-24(23)42-26/h9-12,15,18,21-22,26H,8,13-14,16H2,1-7H3. The van der Waals surface area contributed by atoms with E-state index in [1.807, 2.05) is 13.8 Å². The molecule has 42 heavy (non-hydrogen) atoms. The Morgan fingerprint density at radius 3 is 2.12 bits per heavy atom. The first-order valence-electron chi connectivity index (χ1n) is 13.6. The van der Waals surface area contributed by atoms with Crippen LogP contribution in [0.5, 0.6) is 34.5 Å². The average Bonchev–Trinajstić information content (AvgIpc) is 3.40. The van der Waals surface area contributed by atoms with Crippen LogP contribution in [0.2, 0.25) is 0 Å². The molecular weight excluding hydrogens is 548 g/mol. The molecule has 0 saturated heterocycles. The second-order valence-corrected chi connectivity index (χ2v) is 10.0. The number of carbonyl (C=O) groups excluding carboxylic acids is 1. The van der Waals surface area contributed by atoms with Crippen molar-refractivity contribution in [2.75, 3.05) is 28.4 Å². The first kappa shape index (κ1) is 32.1. The summed E-state index contributed by atoms with van der Waals surface area (Å²) in [4.78, 5) is 24.0. The van der Waals surface area contributed by atoms with Gasteiger partial charge in [0.15, 0.2) is 29.1 Å². The largest absolute Gasteiger partial charge is 0.493 e. The molecule has 0 aromatic heterocycles. The number of esters is 1. The molecular formula is C30H38N2O10. The highest BCUT2D eigenvalue weighted by atomic mass is 16.7. The van der Waals surface area contributed by atoms with Gasteiger partial charge in [-0.25, -0.2) is 0 Å². The highest BCUT2D eigenvalue weighted by Gasteiger charge is 2.46. The predicted octanol–water partition coefficient (Wildman–Crippen LogP) is 5.07. The van der Waals surface area contributed by atoms with Gasteiger partial charge in [-0.3, -0.25) is 14.9 Å². The normalized spacial score (nSPS) is 15.9. The lowest BCUT2D eigenvalue weighted by atomic mass is 9.67. The van der Waals surface area contributed by atoms with Crippen LogP contribution in [0.4, 0.5) is 0 Å². The van der Waals surface area contributed by atoms with Crippen molar-refractivity contribution in [3.63, 3.8) is 0 Å². The molecule has 0 bridgehead atoms. The van der Waals surface area contributed by atoms with Gasteiger partial charge in [0.05, 0.1) is 46.3 Å². The Labute approximate surface area is 245 Å². The van der Waals surface area contributed by atoms with Crippen molar-refractivity contribution in [1.29, 1.82) is 5.26 Å². The van der Waals surface area contributed by atoms with Crippen molar-refractivity contribution in [1.82, 2.24) is 0 Å². The fourth-order valence-corrected chi connectivity index (χ4v) is 5.42. The van der Waals surface area contributed by atoms with Crippen LogP contribution in [0.15, 0.2) is 30.3 Å². The number of fused-ring (bicyclic) bond motifs is 1. The summed E-state index contributed by atoms with van der Waals surface area (Å²) in [7, 11) is 5.83. The molecule has 4 unspecified atom stereocenters. The van der Waals surface area contributed by atoms with Crippen LogP contribution in [0.3, 0.4) is 0 Å². The lowest BCUT2D eigenvalue weighted by Crippen LogP contribution is -2.43. The van der Waals surface area contributed by atoms with Gasteiger partial charge in [-0.1, -0.05) is 32.4 Å². The maximum atomic E-state index is 12.3. The lowest BCUT2D eigenvalue weighted by Gasteiger charge is -2.36. The van der Waals surface area contributed by atoms with Gasteiger partial charge in [-0.05, 0) is 37.0 Å². The van der Waals surface area contributed by atoms with E-state index in [0.717, 1.165) is 0 Å². The summed E-state index contributed by atoms with van der Waals surface area (Å²) in [5, 5.41) is 23.1. The van der Waals surface area contributed by atoms with Crippen molar-refractivity contribution in [2.45, 2.75) is 70.3 Å². The van der Waals surface area contributed by atoms with Crippen LogP contribution >= 0.6 is 0 Å². The van der Waals surface area contributed by atoms with E-state index in [0.29, 0.717) is 35.0 Å². The van der Waals surface area contributed by atoms with Crippen LogP contribution in [-0.4, -0.2) is 57.8 Å². The monoisotopic (exact) mass is 586 g/mol. The van der Waals surface area contributed by atoms with Crippen molar-refractivity contribution >= 4 is 5.97 Å². The molecule has 2 aromatic rings. The molecule has 4 atom stereocenters. The van der Waals surface area contributed by atoms with E-state index in [2.05, 4.69) is 6.07 Å². The molecule has 0 radical (unpaired) electrons. The average molecular weight is 587 g/mol. The Balaban J connectivity index is 2.04. The lowest BCUT2D eigenvalue weighted by molar-refractivity contribution is -0.537. The second kappa shape index (κ2) is 14.0. The molecule has 0 saturated carbocycles. The molecule has 0 spiro atoms. The maximum Gasteiger partial charge on any atom is 0.303 e. The zero-order valence-corrected chi connectivity index (χ0v) is 25.0. The highest BCUT2D eigenvalue weighted by molar-refractivity contribution is 5.66. The molecule has 0 fully saturated rings. The van der Waals surface area contributed by atoms with Gasteiger partial charge in [-0.2, -0.15) is 5.26 Å². The number of ether oxygens (including phenoxy) is 7. The first-order chi connectivity index (χ1) is 20.1. The highest BCUT2D eigenvalue weighted by Crippen LogP contribution is 2.53. The van der Waals surface area contributed by atoms with Gasteiger partial charge in [0.25, 0.3) is 6.04 Å². The molecule has 0 aliphatic carbocycles. The minimum absolute atomic E-state index is 0.0113. The molecule has 3 rings (SSSR count). The molecule has 1 aliphatic heterocycles. The number of para-hydroxylation sites is 2. The van der Waals surface area contributed by atoms with E-state index in [1.165, 1.54) is 35.4 Å². The minimum Gasteiger partial charge on any atom is -0.493 e. The molecule has 12 nitrogen and oxygen atoms in total. The summed E-state index contributed by atoms with van der Waals surface area (Å²) in [6, 6.07) is 9.71. The molecule has 2 aromatic carbocycles. The third-order valence-corrected chi connectivity index (χ3v) is 7.76. The van der Waals surface area contributed by atoms with Crippen molar-refractivity contribution in [3.8, 4) is 40.6 Å². The van der Waals surface area contributed by atoms with E-state index in [9.17, 15) is 20.2 Å². The van der Waals surface area contributed by atoms with E-state index in [1.54, 1.807) is 30.3 Å². The number of hydrogen-bond donors (Lipinski definition) is 0. The first-order valence-corrected chi connectivity index (χ1v) is 13.6. The zero-order chi connectivity index (χ0) is 31.0.